The van der Waals surface area contributed by atoms with Gasteiger partial charge in [-0.25, -0.2) is 0 Å². The van der Waals surface area contributed by atoms with Crippen LogP contribution in [0.15, 0.2) is 48.5 Å². The summed E-state index contributed by atoms with van der Waals surface area (Å²) in [5.74, 6) is 1.42. The molecule has 0 saturated heterocycles. The predicted octanol–water partition coefficient (Wildman–Crippen LogP) is 5.92. The standard InChI is InChI=1S/C19H18N3.C4H9.U/c1-13(2)22-19-17-10-6-4-8-15(17)12-11-14-7-3-5-9-16(14)18(19)20-21-22;1-4(2)3;/h3-10,12-13H,11H2,1-2H3;1-3H3;/q2*-1;+2. The molecule has 3 nitrogen and oxygen atoms in total. The Bertz CT molecular complexity index is 878. The molecule has 1 aliphatic carbocycles. The second kappa shape index (κ2) is 9.62. The van der Waals surface area contributed by atoms with Gasteiger partial charge in [0.2, 0.25) is 0 Å². The smallest absolute Gasteiger partial charge is 0.323 e. The van der Waals surface area contributed by atoms with Gasteiger partial charge >= 0.3 is 31.1 Å². The number of nitrogens with zero attached hydrogens (tertiary/aromatic N) is 3. The number of benzene rings is 2. The first-order valence-electron chi connectivity index (χ1n) is 9.22. The van der Waals surface area contributed by atoms with Crippen molar-refractivity contribution in [3.63, 3.8) is 0 Å². The van der Waals surface area contributed by atoms with E-state index in [0.717, 1.165) is 17.8 Å². The van der Waals surface area contributed by atoms with Crippen molar-refractivity contribution in [2.75, 3.05) is 0 Å². The second-order valence-electron chi connectivity index (χ2n) is 7.48. The largest absolute Gasteiger partial charge is 2.00 e. The number of rotatable bonds is 1. The molecule has 27 heavy (non-hydrogen) atoms. The normalized spacial score (nSPS) is 11.7. The molecule has 1 aromatic heterocycles. The Morgan fingerprint density at radius 2 is 1.56 bits per heavy atom. The summed E-state index contributed by atoms with van der Waals surface area (Å²) in [5.41, 5.74) is 7.07. The zero-order chi connectivity index (χ0) is 18.7. The van der Waals surface area contributed by atoms with Crippen LogP contribution >= 0.6 is 0 Å². The van der Waals surface area contributed by atoms with Crippen LogP contribution in [-0.2, 0) is 6.42 Å². The Morgan fingerprint density at radius 1 is 0.963 bits per heavy atom. The molecular formula is C23H27N3U. The third-order valence-electron chi connectivity index (χ3n) is 4.21. The summed E-state index contributed by atoms with van der Waals surface area (Å²) >= 11 is 0. The van der Waals surface area contributed by atoms with Crippen molar-refractivity contribution in [1.82, 2.24) is 15.0 Å². The van der Waals surface area contributed by atoms with Gasteiger partial charge in [0, 0.05) is 17.3 Å². The van der Waals surface area contributed by atoms with Gasteiger partial charge in [0.25, 0.3) is 0 Å². The van der Waals surface area contributed by atoms with Crippen LogP contribution in [0.5, 0.6) is 0 Å². The van der Waals surface area contributed by atoms with Gasteiger partial charge in [-0.15, -0.1) is 17.2 Å². The molecule has 0 amide bonds. The van der Waals surface area contributed by atoms with Gasteiger partial charge in [-0.3, -0.25) is 4.68 Å². The summed E-state index contributed by atoms with van der Waals surface area (Å²) in [5, 5.41) is 8.95. The summed E-state index contributed by atoms with van der Waals surface area (Å²) < 4.78 is 2.03. The van der Waals surface area contributed by atoms with Gasteiger partial charge in [-0.2, -0.15) is 38.8 Å². The number of fused-ring (bicyclic) bond motifs is 5. The Morgan fingerprint density at radius 3 is 2.22 bits per heavy atom. The minimum Gasteiger partial charge on any atom is -0.323 e. The molecule has 1 heterocycles. The average Bonchev–Trinajstić information content (AvgIpc) is 3.03. The van der Waals surface area contributed by atoms with Gasteiger partial charge in [0.15, 0.2) is 0 Å². The molecule has 4 heteroatoms. The van der Waals surface area contributed by atoms with Gasteiger partial charge in [-0.1, -0.05) is 47.5 Å². The van der Waals surface area contributed by atoms with Crippen molar-refractivity contribution in [3.05, 3.63) is 72.0 Å². The summed E-state index contributed by atoms with van der Waals surface area (Å²) in [7, 11) is 0. The molecule has 4 rings (SSSR count). The molecular weight excluding hydrogens is 556 g/mol. The van der Waals surface area contributed by atoms with Crippen LogP contribution in [-0.4, -0.2) is 15.0 Å². The molecule has 138 valence electrons. The summed E-state index contributed by atoms with van der Waals surface area (Å²) in [6, 6.07) is 17.3. The fourth-order valence-electron chi connectivity index (χ4n) is 3.13. The van der Waals surface area contributed by atoms with Crippen molar-refractivity contribution in [2.24, 2.45) is 0 Å². The van der Waals surface area contributed by atoms with E-state index in [-0.39, 0.29) is 37.2 Å². The maximum atomic E-state index is 4.52. The molecule has 0 aliphatic heterocycles. The van der Waals surface area contributed by atoms with E-state index < -0.39 is 0 Å². The van der Waals surface area contributed by atoms with Crippen LogP contribution in [0.25, 0.3) is 22.5 Å². The number of hydrogen-bond acceptors (Lipinski definition) is 2. The maximum Gasteiger partial charge on any atom is 2.00 e. The van der Waals surface area contributed by atoms with Crippen molar-refractivity contribution < 1.29 is 31.1 Å². The van der Waals surface area contributed by atoms with Crippen LogP contribution in [0.1, 0.15) is 51.8 Å². The van der Waals surface area contributed by atoms with Gasteiger partial charge in [-0.05, 0) is 19.4 Å². The third-order valence-corrected chi connectivity index (χ3v) is 4.21. The van der Waals surface area contributed by atoms with E-state index in [4.69, 9.17) is 0 Å². The summed E-state index contributed by atoms with van der Waals surface area (Å²) in [6.45, 7) is 10.5. The number of hydrogen-bond donors (Lipinski definition) is 0. The molecule has 0 saturated carbocycles. The van der Waals surface area contributed by atoms with Gasteiger partial charge in [0.1, 0.15) is 5.69 Å². The minimum absolute atomic E-state index is 0. The summed E-state index contributed by atoms with van der Waals surface area (Å²) in [4.78, 5) is 0. The monoisotopic (exact) mass is 583 g/mol. The van der Waals surface area contributed by atoms with Crippen molar-refractivity contribution >= 4 is 0 Å². The Labute approximate surface area is 187 Å². The van der Waals surface area contributed by atoms with Crippen molar-refractivity contribution in [1.29, 1.82) is 0 Å². The SMILES string of the molecule is CC(C)n1nnc2c1-c1ccccc1[CH-]Cc1ccccc1-2.C[C-](C)C.[U+2]. The van der Waals surface area contributed by atoms with E-state index in [1.807, 2.05) is 4.68 Å². The van der Waals surface area contributed by atoms with E-state index in [0.29, 0.717) is 0 Å². The Kier molecular flexibility index (Phi) is 7.77. The molecule has 0 spiro atoms. The third kappa shape index (κ3) is 4.86. The molecule has 0 fully saturated rings. The fourth-order valence-corrected chi connectivity index (χ4v) is 3.13. The average molecular weight is 584 g/mol. The minimum atomic E-state index is 0. The van der Waals surface area contributed by atoms with Crippen molar-refractivity contribution in [2.45, 2.75) is 47.1 Å². The zero-order valence-electron chi connectivity index (χ0n) is 16.8. The molecule has 0 radical (unpaired) electrons. The van der Waals surface area contributed by atoms with E-state index >= 15 is 0 Å². The molecule has 1 aliphatic rings. The molecule has 0 atom stereocenters. The quantitative estimate of drug-likeness (QED) is 0.333. The first-order chi connectivity index (χ1) is 12.5. The van der Waals surface area contributed by atoms with Gasteiger partial charge in [0.05, 0.1) is 0 Å². The van der Waals surface area contributed by atoms with E-state index in [1.54, 1.807) is 0 Å². The predicted molar refractivity (Wildman–Crippen MR) is 109 cm³/mol. The van der Waals surface area contributed by atoms with E-state index in [1.165, 1.54) is 28.2 Å². The fraction of sp³-hybridized carbons (Fsp3) is 0.304. The second-order valence-corrected chi connectivity index (χ2v) is 7.48. The van der Waals surface area contributed by atoms with Crippen LogP contribution in [0, 0.1) is 43.5 Å². The summed E-state index contributed by atoms with van der Waals surface area (Å²) in [6.07, 6.45) is 3.22. The first-order valence-corrected chi connectivity index (χ1v) is 9.22. The van der Waals surface area contributed by atoms with Crippen LogP contribution in [0.2, 0.25) is 0 Å². The number of aromatic nitrogens is 3. The molecule has 0 bridgehead atoms. The molecule has 2 aromatic carbocycles. The van der Waals surface area contributed by atoms with Crippen LogP contribution in [0.4, 0.5) is 0 Å². The maximum absolute atomic E-state index is 4.52. The van der Waals surface area contributed by atoms with Gasteiger partial charge < -0.3 is 5.92 Å². The van der Waals surface area contributed by atoms with Crippen molar-refractivity contribution in [3.8, 4) is 22.5 Å². The first kappa shape index (κ1) is 21.8. The van der Waals surface area contributed by atoms with E-state index in [9.17, 15) is 0 Å². The topological polar surface area (TPSA) is 30.7 Å². The van der Waals surface area contributed by atoms with Crippen LogP contribution < -0.4 is 0 Å². The Hall–Kier alpha value is -1.50. The molecule has 0 unspecified atom stereocenters. The van der Waals surface area contributed by atoms with Crippen LogP contribution in [0.3, 0.4) is 0 Å². The molecule has 0 N–H and O–H groups in total. The van der Waals surface area contributed by atoms with E-state index in [2.05, 4.69) is 99.9 Å². The zero-order valence-corrected chi connectivity index (χ0v) is 21.0. The molecule has 3 aromatic rings. The Balaban J connectivity index is 0.000000479.